The van der Waals surface area contributed by atoms with Crippen molar-refractivity contribution >= 4 is 5.82 Å². The minimum atomic E-state index is -4.82. The van der Waals surface area contributed by atoms with E-state index in [0.29, 0.717) is 6.07 Å². The second kappa shape index (κ2) is 3.00. The maximum atomic E-state index is 11.6. The van der Waals surface area contributed by atoms with Crippen LogP contribution < -0.4 is 16.0 Å². The Balaban J connectivity index is 2.96. The highest BCUT2D eigenvalue weighted by Gasteiger charge is 2.31. The number of nitrogens with two attached hydrogens (primary N) is 1. The lowest BCUT2D eigenvalue weighted by atomic mass is 10.4. The molecule has 0 saturated carbocycles. The second-order valence-electron chi connectivity index (χ2n) is 2.18. The third kappa shape index (κ3) is 3.06. The van der Waals surface area contributed by atoms with Crippen LogP contribution in [0.25, 0.3) is 0 Å². The van der Waals surface area contributed by atoms with Gasteiger partial charge < -0.3 is 15.5 Å². The number of aromatic amines is 1. The summed E-state index contributed by atoms with van der Waals surface area (Å²) in [7, 11) is 0. The minimum Gasteiger partial charge on any atom is -0.405 e. The number of alkyl halides is 3. The molecule has 1 heterocycles. The fraction of sp³-hybridized carbons (Fsp3) is 0.167. The summed E-state index contributed by atoms with van der Waals surface area (Å²) in [4.78, 5) is 12.7. The molecule has 72 valence electrons. The van der Waals surface area contributed by atoms with Crippen molar-refractivity contribution in [3.05, 3.63) is 22.5 Å². The zero-order valence-corrected chi connectivity index (χ0v) is 6.18. The summed E-state index contributed by atoms with van der Waals surface area (Å²) in [6, 6.07) is 1.53. The zero-order valence-electron chi connectivity index (χ0n) is 6.18. The van der Waals surface area contributed by atoms with Crippen LogP contribution in [0.4, 0.5) is 19.0 Å². The normalized spacial score (nSPS) is 11.3. The first-order valence-electron chi connectivity index (χ1n) is 3.12. The molecule has 0 amide bonds. The Bertz CT molecular complexity index is 358. The van der Waals surface area contributed by atoms with Gasteiger partial charge in [-0.25, -0.2) is 0 Å². The summed E-state index contributed by atoms with van der Waals surface area (Å²) >= 11 is 0. The lowest BCUT2D eigenvalue weighted by Crippen LogP contribution is -2.19. The Morgan fingerprint density at radius 3 is 2.46 bits per heavy atom. The third-order valence-electron chi connectivity index (χ3n) is 1.07. The Kier molecular flexibility index (Phi) is 2.18. The largest absolute Gasteiger partial charge is 0.573 e. The highest BCUT2D eigenvalue weighted by Crippen LogP contribution is 2.21. The van der Waals surface area contributed by atoms with Gasteiger partial charge in [-0.1, -0.05) is 0 Å². The van der Waals surface area contributed by atoms with Gasteiger partial charge in [-0.15, -0.1) is 13.2 Å². The minimum absolute atomic E-state index is 0.188. The van der Waals surface area contributed by atoms with Crippen molar-refractivity contribution in [1.29, 1.82) is 0 Å². The number of nitrogen functional groups attached to an aromatic ring is 1. The number of ether oxygens (including phenoxy) is 1. The highest BCUT2D eigenvalue weighted by atomic mass is 19.4. The van der Waals surface area contributed by atoms with Gasteiger partial charge in [0.2, 0.25) is 0 Å². The number of nitrogens with one attached hydrogen (secondary N) is 1. The Morgan fingerprint density at radius 1 is 1.38 bits per heavy atom. The molecule has 0 radical (unpaired) electrons. The van der Waals surface area contributed by atoms with Gasteiger partial charge in [0.1, 0.15) is 11.6 Å². The van der Waals surface area contributed by atoms with Crippen molar-refractivity contribution in [2.75, 3.05) is 5.73 Å². The van der Waals surface area contributed by atoms with Gasteiger partial charge >= 0.3 is 6.36 Å². The van der Waals surface area contributed by atoms with Crippen LogP contribution in [0.2, 0.25) is 0 Å². The number of aromatic nitrogens is 1. The number of rotatable bonds is 1. The molecule has 0 aliphatic heterocycles. The van der Waals surface area contributed by atoms with E-state index in [-0.39, 0.29) is 5.82 Å². The van der Waals surface area contributed by atoms with Crippen LogP contribution in [0.5, 0.6) is 5.75 Å². The molecule has 0 aromatic carbocycles. The second-order valence-corrected chi connectivity index (χ2v) is 2.18. The predicted molar refractivity (Wildman–Crippen MR) is 38.2 cm³/mol. The van der Waals surface area contributed by atoms with Crippen LogP contribution in [0.1, 0.15) is 0 Å². The lowest BCUT2D eigenvalue weighted by molar-refractivity contribution is -0.274. The molecule has 0 bridgehead atoms. The Labute approximate surface area is 70.1 Å². The molecule has 1 aromatic heterocycles. The Hall–Kier alpha value is -1.66. The van der Waals surface area contributed by atoms with Crippen molar-refractivity contribution in [1.82, 2.24) is 4.98 Å². The number of anilines is 1. The molecule has 0 atom stereocenters. The van der Waals surface area contributed by atoms with Gasteiger partial charge in [0.05, 0.1) is 0 Å². The van der Waals surface area contributed by atoms with E-state index in [9.17, 15) is 18.0 Å². The standard InChI is InChI=1S/C6H5F3N2O2/c7-6(8,9)13-3-1-4(10)11-5(12)2-3/h1-2H,(H3,10,11,12). The molecule has 0 unspecified atom stereocenters. The van der Waals surface area contributed by atoms with Gasteiger partial charge in [0.25, 0.3) is 5.56 Å². The zero-order chi connectivity index (χ0) is 10.1. The van der Waals surface area contributed by atoms with Crippen molar-refractivity contribution < 1.29 is 17.9 Å². The summed E-state index contributed by atoms with van der Waals surface area (Å²) in [6.45, 7) is 0. The molecular weight excluding hydrogens is 189 g/mol. The monoisotopic (exact) mass is 194 g/mol. The molecule has 1 rings (SSSR count). The average Bonchev–Trinajstić information content (AvgIpc) is 1.78. The van der Waals surface area contributed by atoms with Gasteiger partial charge in [-0.2, -0.15) is 0 Å². The molecule has 1 aromatic rings. The van der Waals surface area contributed by atoms with E-state index in [1.807, 2.05) is 0 Å². The summed E-state index contributed by atoms with van der Waals surface area (Å²) < 4.78 is 38.4. The van der Waals surface area contributed by atoms with Crippen LogP contribution in [0.3, 0.4) is 0 Å². The number of halogens is 3. The Morgan fingerprint density at radius 2 is 2.00 bits per heavy atom. The molecule has 0 aliphatic carbocycles. The summed E-state index contributed by atoms with van der Waals surface area (Å²) in [5.74, 6) is -0.819. The van der Waals surface area contributed by atoms with E-state index < -0.39 is 17.7 Å². The van der Waals surface area contributed by atoms with Gasteiger partial charge in [0.15, 0.2) is 0 Å². The molecule has 7 heteroatoms. The van der Waals surface area contributed by atoms with Gasteiger partial charge in [-0.3, -0.25) is 4.79 Å². The number of hydrogen-bond acceptors (Lipinski definition) is 3. The molecule has 0 saturated heterocycles. The van der Waals surface area contributed by atoms with E-state index >= 15 is 0 Å². The van der Waals surface area contributed by atoms with Crippen LogP contribution in [-0.2, 0) is 0 Å². The summed E-state index contributed by atoms with van der Waals surface area (Å²) in [5, 5.41) is 0. The van der Waals surface area contributed by atoms with Crippen LogP contribution in [-0.4, -0.2) is 11.3 Å². The van der Waals surface area contributed by atoms with Crippen molar-refractivity contribution in [2.24, 2.45) is 0 Å². The first-order chi connectivity index (χ1) is 5.87. The van der Waals surface area contributed by atoms with E-state index in [0.717, 1.165) is 6.07 Å². The van der Waals surface area contributed by atoms with Crippen LogP contribution in [0.15, 0.2) is 16.9 Å². The van der Waals surface area contributed by atoms with E-state index in [1.165, 1.54) is 0 Å². The predicted octanol–water partition coefficient (Wildman–Crippen LogP) is 0.856. The first-order valence-corrected chi connectivity index (χ1v) is 3.12. The molecule has 0 aliphatic rings. The van der Waals surface area contributed by atoms with E-state index in [4.69, 9.17) is 5.73 Å². The average molecular weight is 194 g/mol. The first kappa shape index (κ1) is 9.43. The van der Waals surface area contributed by atoms with Crippen LogP contribution >= 0.6 is 0 Å². The third-order valence-corrected chi connectivity index (χ3v) is 1.07. The molecule has 0 spiro atoms. The molecule has 0 fully saturated rings. The number of pyridine rings is 1. The van der Waals surface area contributed by atoms with Crippen molar-refractivity contribution in [2.45, 2.75) is 6.36 Å². The maximum Gasteiger partial charge on any atom is 0.573 e. The van der Waals surface area contributed by atoms with Crippen LogP contribution in [0, 0.1) is 0 Å². The number of H-pyrrole nitrogens is 1. The fourth-order valence-electron chi connectivity index (χ4n) is 0.731. The SMILES string of the molecule is Nc1cc(OC(F)(F)F)cc(=O)[nH]1. The topological polar surface area (TPSA) is 68.1 Å². The fourth-order valence-corrected chi connectivity index (χ4v) is 0.731. The van der Waals surface area contributed by atoms with E-state index in [2.05, 4.69) is 9.72 Å². The molecular formula is C6H5F3N2O2. The summed E-state index contributed by atoms with van der Waals surface area (Å²) in [6.07, 6.45) is -4.82. The molecule has 13 heavy (non-hydrogen) atoms. The summed E-state index contributed by atoms with van der Waals surface area (Å²) in [5.41, 5.74) is 4.32. The van der Waals surface area contributed by atoms with Crippen molar-refractivity contribution in [3.8, 4) is 5.75 Å². The van der Waals surface area contributed by atoms with E-state index in [1.54, 1.807) is 0 Å². The molecule has 3 N–H and O–H groups in total. The number of hydrogen-bond donors (Lipinski definition) is 2. The quantitative estimate of drug-likeness (QED) is 0.696. The van der Waals surface area contributed by atoms with Gasteiger partial charge in [0, 0.05) is 12.1 Å². The maximum absolute atomic E-state index is 11.6. The smallest absolute Gasteiger partial charge is 0.405 e. The van der Waals surface area contributed by atoms with Crippen molar-refractivity contribution in [3.63, 3.8) is 0 Å². The molecule has 4 nitrogen and oxygen atoms in total. The van der Waals surface area contributed by atoms with Gasteiger partial charge in [-0.05, 0) is 0 Å². The highest BCUT2D eigenvalue weighted by molar-refractivity contribution is 5.35. The lowest BCUT2D eigenvalue weighted by Gasteiger charge is -2.07.